The molecule has 204 valence electrons. The number of hydrogen-bond acceptors (Lipinski definition) is 9. The third kappa shape index (κ3) is 4.75. The van der Waals surface area contributed by atoms with Gasteiger partial charge in [0.2, 0.25) is 0 Å². The third-order valence-corrected chi connectivity index (χ3v) is 7.52. The molecule has 0 amide bonds. The van der Waals surface area contributed by atoms with Crippen molar-refractivity contribution >= 4 is 29.1 Å². The van der Waals surface area contributed by atoms with Gasteiger partial charge in [-0.2, -0.15) is 0 Å². The lowest BCUT2D eigenvalue weighted by Gasteiger charge is -2.25. The first kappa shape index (κ1) is 26.8. The van der Waals surface area contributed by atoms with Crippen LogP contribution in [0.2, 0.25) is 0 Å². The van der Waals surface area contributed by atoms with E-state index >= 15 is 0 Å². The number of furan rings is 1. The molecule has 2 aromatic heterocycles. The summed E-state index contributed by atoms with van der Waals surface area (Å²) in [5, 5.41) is 11.4. The first-order valence-corrected chi connectivity index (χ1v) is 13.2. The molecule has 1 aliphatic rings. The number of rotatable bonds is 7. The average Bonchev–Trinajstić information content (AvgIpc) is 3.52. The number of nitro groups is 1. The molecule has 2 aromatic carbocycles. The van der Waals surface area contributed by atoms with Gasteiger partial charge in [0.25, 0.3) is 11.2 Å². The molecule has 1 atom stereocenters. The molecule has 0 aliphatic carbocycles. The smallest absolute Gasteiger partial charge is 0.338 e. The number of nitro benzene ring substituents is 1. The lowest BCUT2D eigenvalue weighted by Crippen LogP contribution is -2.40. The number of methoxy groups -OCH3 is 1. The fourth-order valence-corrected chi connectivity index (χ4v) is 5.68. The second kappa shape index (κ2) is 10.8. The maximum atomic E-state index is 13.8. The Labute approximate surface area is 232 Å². The monoisotopic (exact) mass is 559 g/mol. The first-order chi connectivity index (χ1) is 19.2. The van der Waals surface area contributed by atoms with Crippen molar-refractivity contribution in [3.63, 3.8) is 0 Å². The summed E-state index contributed by atoms with van der Waals surface area (Å²) in [6, 6.07) is 14.6. The van der Waals surface area contributed by atoms with Crippen molar-refractivity contribution in [3.8, 4) is 17.1 Å². The molecule has 0 fully saturated rings. The normalized spacial score (nSPS) is 15.0. The van der Waals surface area contributed by atoms with Gasteiger partial charge in [-0.05, 0) is 39.0 Å². The minimum atomic E-state index is -0.811. The van der Waals surface area contributed by atoms with Crippen LogP contribution in [0.3, 0.4) is 0 Å². The van der Waals surface area contributed by atoms with Gasteiger partial charge in [0.1, 0.15) is 23.3 Å². The van der Waals surface area contributed by atoms with Crippen molar-refractivity contribution in [3.05, 3.63) is 113 Å². The molecule has 11 heteroatoms. The van der Waals surface area contributed by atoms with Crippen LogP contribution in [0.15, 0.2) is 80.1 Å². The second-order valence-electron chi connectivity index (χ2n) is 9.00. The number of aromatic nitrogens is 1. The predicted octanol–water partition coefficient (Wildman–Crippen LogP) is 4.28. The lowest BCUT2D eigenvalue weighted by molar-refractivity contribution is -0.385. The van der Waals surface area contributed by atoms with E-state index in [2.05, 4.69) is 4.99 Å². The summed E-state index contributed by atoms with van der Waals surface area (Å²) in [5.74, 6) is 0.770. The number of esters is 1. The summed E-state index contributed by atoms with van der Waals surface area (Å²) in [7, 11) is 1.53. The summed E-state index contributed by atoms with van der Waals surface area (Å²) in [4.78, 5) is 42.8. The average molecular weight is 560 g/mol. The zero-order valence-corrected chi connectivity index (χ0v) is 23.0. The highest BCUT2D eigenvalue weighted by Gasteiger charge is 2.35. The topological polar surface area (TPSA) is 126 Å². The molecule has 0 bridgehead atoms. The van der Waals surface area contributed by atoms with Crippen molar-refractivity contribution in [1.29, 1.82) is 0 Å². The molecule has 0 radical (unpaired) electrons. The van der Waals surface area contributed by atoms with Gasteiger partial charge in [0.05, 0.1) is 34.4 Å². The van der Waals surface area contributed by atoms with E-state index in [1.165, 1.54) is 17.7 Å². The van der Waals surface area contributed by atoms with Crippen LogP contribution < -0.4 is 19.6 Å². The van der Waals surface area contributed by atoms with E-state index in [-0.39, 0.29) is 23.4 Å². The number of aryl methyl sites for hydroxylation is 1. The number of nitrogens with zero attached hydrogens (tertiary/aromatic N) is 3. The van der Waals surface area contributed by atoms with Gasteiger partial charge in [-0.15, -0.1) is 0 Å². The van der Waals surface area contributed by atoms with Crippen LogP contribution in [-0.4, -0.2) is 29.2 Å². The Morgan fingerprint density at radius 3 is 2.70 bits per heavy atom. The van der Waals surface area contributed by atoms with Crippen LogP contribution in [0.1, 0.15) is 36.8 Å². The fraction of sp³-hybridized carbons (Fsp3) is 0.207. The molecule has 0 spiro atoms. The van der Waals surface area contributed by atoms with Crippen LogP contribution in [0.25, 0.3) is 17.4 Å². The Morgan fingerprint density at radius 1 is 1.20 bits per heavy atom. The first-order valence-electron chi connectivity index (χ1n) is 12.4. The number of benzene rings is 2. The summed E-state index contributed by atoms with van der Waals surface area (Å²) in [5.41, 5.74) is 2.05. The zero-order chi connectivity index (χ0) is 28.6. The Morgan fingerprint density at radius 2 is 1.98 bits per heavy atom. The van der Waals surface area contributed by atoms with Crippen LogP contribution in [0.4, 0.5) is 5.69 Å². The van der Waals surface area contributed by atoms with E-state index < -0.39 is 16.9 Å². The summed E-state index contributed by atoms with van der Waals surface area (Å²) >= 11 is 1.16. The largest absolute Gasteiger partial charge is 0.496 e. The van der Waals surface area contributed by atoms with Crippen molar-refractivity contribution in [2.45, 2.75) is 26.8 Å². The highest BCUT2D eigenvalue weighted by atomic mass is 32.1. The SMILES string of the molecule is CCOC(=O)C1=C(C)N=c2s/c(=C/c3ccc(-c4ccc(C)c([N+](=O)[O-])c4)o3)c(=O)n2[C@@H]1c1ccccc1OC. The quantitative estimate of drug-likeness (QED) is 0.188. The molecule has 4 aromatic rings. The number of thiazole rings is 1. The molecular weight excluding hydrogens is 534 g/mol. The summed E-state index contributed by atoms with van der Waals surface area (Å²) in [6.07, 6.45) is 1.60. The molecule has 10 nitrogen and oxygen atoms in total. The van der Waals surface area contributed by atoms with E-state index in [9.17, 15) is 19.7 Å². The molecule has 3 heterocycles. The number of fused-ring (bicyclic) bond motifs is 1. The maximum Gasteiger partial charge on any atom is 0.338 e. The third-order valence-electron chi connectivity index (χ3n) is 6.54. The maximum absolute atomic E-state index is 13.8. The number of allylic oxidation sites excluding steroid dienone is 1. The number of para-hydroxylation sites is 1. The summed E-state index contributed by atoms with van der Waals surface area (Å²) in [6.45, 7) is 5.27. The molecule has 0 saturated heterocycles. The molecular formula is C29H25N3O7S. The molecule has 40 heavy (non-hydrogen) atoms. The Hall–Kier alpha value is -4.77. The van der Waals surface area contributed by atoms with E-state index in [1.54, 1.807) is 63.2 Å². The number of hydrogen-bond donors (Lipinski definition) is 0. The highest BCUT2D eigenvalue weighted by molar-refractivity contribution is 7.07. The van der Waals surface area contributed by atoms with Crippen molar-refractivity contribution < 1.29 is 23.6 Å². The molecule has 5 rings (SSSR count). The zero-order valence-electron chi connectivity index (χ0n) is 22.2. The van der Waals surface area contributed by atoms with E-state index in [4.69, 9.17) is 13.9 Å². The highest BCUT2D eigenvalue weighted by Crippen LogP contribution is 2.35. The van der Waals surface area contributed by atoms with Gasteiger partial charge in [-0.3, -0.25) is 19.5 Å². The Kier molecular flexibility index (Phi) is 7.22. The number of ether oxygens (including phenoxy) is 2. The van der Waals surface area contributed by atoms with Gasteiger partial charge in [-0.25, -0.2) is 9.79 Å². The van der Waals surface area contributed by atoms with E-state index in [1.807, 2.05) is 12.1 Å². The van der Waals surface area contributed by atoms with Crippen molar-refractivity contribution in [2.75, 3.05) is 13.7 Å². The van der Waals surface area contributed by atoms with Crippen LogP contribution in [0.5, 0.6) is 5.75 Å². The van der Waals surface area contributed by atoms with Gasteiger partial charge in [0.15, 0.2) is 4.80 Å². The number of carbonyl (C=O) groups is 1. The molecule has 1 aliphatic heterocycles. The predicted molar refractivity (Wildman–Crippen MR) is 149 cm³/mol. The molecule has 0 N–H and O–H groups in total. The van der Waals surface area contributed by atoms with Crippen molar-refractivity contribution in [2.24, 2.45) is 4.99 Å². The standard InChI is InChI=1S/C29H25N3O7S/c1-5-38-28(34)25-17(3)30-29-31(26(25)20-8-6-7-9-23(20)37-4)27(33)24(40-29)15-19-12-13-22(39-19)18-11-10-16(2)21(14-18)32(35)36/h6-15,26H,5H2,1-4H3/b24-15+/t26-/m1/s1. The molecule has 0 unspecified atom stereocenters. The van der Waals surface area contributed by atoms with Crippen LogP contribution in [-0.2, 0) is 9.53 Å². The lowest BCUT2D eigenvalue weighted by atomic mass is 9.95. The Bertz CT molecular complexity index is 1860. The minimum Gasteiger partial charge on any atom is -0.496 e. The van der Waals surface area contributed by atoms with Gasteiger partial charge >= 0.3 is 5.97 Å². The fourth-order valence-electron chi connectivity index (χ4n) is 4.65. The van der Waals surface area contributed by atoms with E-state index in [0.717, 1.165) is 11.3 Å². The summed E-state index contributed by atoms with van der Waals surface area (Å²) < 4.78 is 18.7. The Balaban J connectivity index is 1.64. The van der Waals surface area contributed by atoms with Gasteiger partial charge in [0, 0.05) is 28.8 Å². The van der Waals surface area contributed by atoms with Gasteiger partial charge < -0.3 is 13.9 Å². The van der Waals surface area contributed by atoms with E-state index in [0.29, 0.717) is 49.0 Å². The van der Waals surface area contributed by atoms with Crippen molar-refractivity contribution in [1.82, 2.24) is 4.57 Å². The minimum absolute atomic E-state index is 0.00660. The number of carbonyl (C=O) groups excluding carboxylic acids is 1. The van der Waals surface area contributed by atoms with Gasteiger partial charge in [-0.1, -0.05) is 41.7 Å². The van der Waals surface area contributed by atoms with Crippen LogP contribution in [0, 0.1) is 17.0 Å². The molecule has 0 saturated carbocycles. The second-order valence-corrected chi connectivity index (χ2v) is 10.0. The van der Waals surface area contributed by atoms with Crippen LogP contribution >= 0.6 is 11.3 Å².